The van der Waals surface area contributed by atoms with Gasteiger partial charge >= 0.3 is 0 Å². The summed E-state index contributed by atoms with van der Waals surface area (Å²) in [6.45, 7) is 0. The molecule has 0 aliphatic rings. The molecule has 2 rings (SSSR count). The smallest absolute Gasteiger partial charge is 0.182 e. The third-order valence-corrected chi connectivity index (χ3v) is 3.05. The van der Waals surface area contributed by atoms with E-state index in [-0.39, 0.29) is 18.6 Å². The maximum Gasteiger partial charge on any atom is 0.182 e. The Morgan fingerprint density at radius 3 is 2.50 bits per heavy atom. The minimum absolute atomic E-state index is 0.0574. The van der Waals surface area contributed by atoms with Crippen molar-refractivity contribution in [2.45, 2.75) is 12.8 Å². The number of aromatic nitrogens is 4. The number of hydrogen-bond donors (Lipinski definition) is 0. The average molecular weight is 285 g/mol. The lowest BCUT2D eigenvalue weighted by Gasteiger charge is -2.04. The zero-order valence-electron chi connectivity index (χ0n) is 9.60. The van der Waals surface area contributed by atoms with Gasteiger partial charge in [0.05, 0.1) is 13.5 Å². The van der Waals surface area contributed by atoms with Gasteiger partial charge in [-0.1, -0.05) is 29.3 Å². The summed E-state index contributed by atoms with van der Waals surface area (Å²) in [6.07, 6.45) is 0.284. The van der Waals surface area contributed by atoms with E-state index in [0.29, 0.717) is 21.4 Å². The molecule has 0 spiro atoms. The summed E-state index contributed by atoms with van der Waals surface area (Å²) in [7, 11) is 1.64. The van der Waals surface area contributed by atoms with E-state index in [9.17, 15) is 4.79 Å². The normalized spacial score (nSPS) is 10.6. The summed E-state index contributed by atoms with van der Waals surface area (Å²) in [5.41, 5.74) is 0.634. The Hall–Kier alpha value is -1.46. The van der Waals surface area contributed by atoms with E-state index >= 15 is 0 Å². The van der Waals surface area contributed by atoms with Gasteiger partial charge in [-0.05, 0) is 22.9 Å². The second kappa shape index (κ2) is 5.46. The van der Waals surface area contributed by atoms with E-state index in [1.807, 2.05) is 0 Å². The Morgan fingerprint density at radius 2 is 1.94 bits per heavy atom. The highest BCUT2D eigenvalue weighted by atomic mass is 35.5. The summed E-state index contributed by atoms with van der Waals surface area (Å²) in [5, 5.41) is 12.3. The fourth-order valence-corrected chi connectivity index (χ4v) is 2.06. The van der Waals surface area contributed by atoms with Crippen molar-refractivity contribution in [3.8, 4) is 0 Å². The maximum absolute atomic E-state index is 11.9. The predicted molar refractivity (Wildman–Crippen MR) is 67.7 cm³/mol. The van der Waals surface area contributed by atoms with Crippen LogP contribution in [0.15, 0.2) is 18.2 Å². The molecule has 1 aromatic carbocycles. The van der Waals surface area contributed by atoms with Crippen molar-refractivity contribution in [1.29, 1.82) is 0 Å². The number of halogens is 2. The molecule has 0 saturated carbocycles. The predicted octanol–water partition coefficient (Wildman–Crippen LogP) is 1.87. The van der Waals surface area contributed by atoms with Crippen LogP contribution in [0, 0.1) is 0 Å². The molecule has 0 aliphatic heterocycles. The molecule has 0 radical (unpaired) electrons. The van der Waals surface area contributed by atoms with Crippen LogP contribution in [0.5, 0.6) is 0 Å². The number of ketones is 1. The number of benzene rings is 1. The van der Waals surface area contributed by atoms with E-state index in [1.54, 1.807) is 25.2 Å². The number of rotatable bonds is 4. The van der Waals surface area contributed by atoms with Crippen LogP contribution < -0.4 is 0 Å². The largest absolute Gasteiger partial charge is 0.299 e. The topological polar surface area (TPSA) is 60.7 Å². The average Bonchev–Trinajstić information content (AvgIpc) is 2.69. The molecule has 7 heteroatoms. The highest BCUT2D eigenvalue weighted by molar-refractivity contribution is 6.36. The first-order valence-electron chi connectivity index (χ1n) is 5.23. The van der Waals surface area contributed by atoms with Crippen LogP contribution in [0.25, 0.3) is 0 Å². The maximum atomic E-state index is 11.9. The van der Waals surface area contributed by atoms with Crippen LogP contribution in [0.2, 0.25) is 10.0 Å². The van der Waals surface area contributed by atoms with Gasteiger partial charge < -0.3 is 0 Å². The van der Waals surface area contributed by atoms with Gasteiger partial charge in [0.15, 0.2) is 5.82 Å². The quantitative estimate of drug-likeness (QED) is 0.860. The van der Waals surface area contributed by atoms with Crippen LogP contribution in [0.4, 0.5) is 0 Å². The van der Waals surface area contributed by atoms with Crippen molar-refractivity contribution >= 4 is 29.0 Å². The number of hydrogen-bond acceptors (Lipinski definition) is 4. The van der Waals surface area contributed by atoms with Crippen LogP contribution in [-0.4, -0.2) is 26.0 Å². The molecular weight excluding hydrogens is 275 g/mol. The standard InChI is InChI=1S/C11H10Cl2N4O/c1-17-15-11(14-16-17)6-7(18)5-8-9(12)3-2-4-10(8)13/h2-4H,5-6H2,1H3. The van der Waals surface area contributed by atoms with Crippen molar-refractivity contribution in [1.82, 2.24) is 20.2 Å². The number of tetrazole rings is 1. The highest BCUT2D eigenvalue weighted by Gasteiger charge is 2.13. The molecule has 0 unspecified atom stereocenters. The number of carbonyl (C=O) groups excluding carboxylic acids is 1. The van der Waals surface area contributed by atoms with Crippen LogP contribution in [0.3, 0.4) is 0 Å². The minimum atomic E-state index is -0.0574. The third-order valence-electron chi connectivity index (χ3n) is 2.34. The van der Waals surface area contributed by atoms with Gasteiger partial charge in [0.1, 0.15) is 5.78 Å². The van der Waals surface area contributed by atoms with Crippen molar-refractivity contribution < 1.29 is 4.79 Å². The number of nitrogens with zero attached hydrogens (tertiary/aromatic N) is 4. The zero-order chi connectivity index (χ0) is 13.1. The monoisotopic (exact) mass is 284 g/mol. The van der Waals surface area contributed by atoms with Crippen LogP contribution >= 0.6 is 23.2 Å². The highest BCUT2D eigenvalue weighted by Crippen LogP contribution is 2.24. The lowest BCUT2D eigenvalue weighted by Crippen LogP contribution is -2.09. The number of aryl methyl sites for hydroxylation is 1. The van der Waals surface area contributed by atoms with Gasteiger partial charge in [0.2, 0.25) is 0 Å². The summed E-state index contributed by atoms with van der Waals surface area (Å²) >= 11 is 12.0. The van der Waals surface area contributed by atoms with Gasteiger partial charge in [-0.25, -0.2) is 0 Å². The molecule has 0 aliphatic carbocycles. The molecule has 94 valence electrons. The zero-order valence-corrected chi connectivity index (χ0v) is 11.1. The molecule has 0 fully saturated rings. The molecule has 5 nitrogen and oxygen atoms in total. The second-order valence-electron chi connectivity index (χ2n) is 3.79. The molecule has 0 saturated heterocycles. The van der Waals surface area contributed by atoms with Crippen molar-refractivity contribution in [3.05, 3.63) is 39.6 Å². The summed E-state index contributed by atoms with van der Waals surface area (Å²) < 4.78 is 0. The van der Waals surface area contributed by atoms with Crippen molar-refractivity contribution in [3.63, 3.8) is 0 Å². The van der Waals surface area contributed by atoms with Gasteiger partial charge in [0.25, 0.3) is 0 Å². The molecule has 1 heterocycles. The van der Waals surface area contributed by atoms with E-state index in [0.717, 1.165) is 0 Å². The minimum Gasteiger partial charge on any atom is -0.299 e. The molecular formula is C11H10Cl2N4O. The first kappa shape index (κ1) is 13.0. The second-order valence-corrected chi connectivity index (χ2v) is 4.60. The van der Waals surface area contributed by atoms with E-state index in [2.05, 4.69) is 15.4 Å². The first-order chi connectivity index (χ1) is 8.56. The van der Waals surface area contributed by atoms with Crippen LogP contribution in [-0.2, 0) is 24.7 Å². The Labute approximate surface area is 114 Å². The van der Waals surface area contributed by atoms with E-state index in [1.165, 1.54) is 4.80 Å². The lowest BCUT2D eigenvalue weighted by molar-refractivity contribution is -0.117. The van der Waals surface area contributed by atoms with Crippen molar-refractivity contribution in [2.24, 2.45) is 7.05 Å². The summed E-state index contributed by atoms with van der Waals surface area (Å²) in [4.78, 5) is 13.2. The molecule has 1 aromatic heterocycles. The summed E-state index contributed by atoms with van der Waals surface area (Å²) in [5.74, 6) is 0.337. The third kappa shape index (κ3) is 3.05. The summed E-state index contributed by atoms with van der Waals surface area (Å²) in [6, 6.07) is 5.15. The number of Topliss-reactive ketones (excluding diaryl/α,β-unsaturated/α-hetero) is 1. The molecule has 0 N–H and O–H groups in total. The molecule has 0 amide bonds. The Morgan fingerprint density at radius 1 is 1.28 bits per heavy atom. The lowest BCUT2D eigenvalue weighted by atomic mass is 10.1. The first-order valence-corrected chi connectivity index (χ1v) is 5.99. The fraction of sp³-hybridized carbons (Fsp3) is 0.273. The van der Waals surface area contributed by atoms with Crippen LogP contribution in [0.1, 0.15) is 11.4 Å². The van der Waals surface area contributed by atoms with E-state index < -0.39 is 0 Å². The number of carbonyl (C=O) groups is 1. The van der Waals surface area contributed by atoms with Gasteiger partial charge in [-0.2, -0.15) is 4.80 Å². The Balaban J connectivity index is 2.08. The molecule has 0 atom stereocenters. The Kier molecular flexibility index (Phi) is 3.93. The van der Waals surface area contributed by atoms with Gasteiger partial charge in [-0.15, -0.1) is 10.2 Å². The van der Waals surface area contributed by atoms with Gasteiger partial charge in [0, 0.05) is 16.5 Å². The Bertz CT molecular complexity index is 562. The SMILES string of the molecule is Cn1nnc(CC(=O)Cc2c(Cl)cccc2Cl)n1. The molecule has 0 bridgehead atoms. The van der Waals surface area contributed by atoms with Gasteiger partial charge in [-0.3, -0.25) is 4.79 Å². The van der Waals surface area contributed by atoms with E-state index in [4.69, 9.17) is 23.2 Å². The molecule has 18 heavy (non-hydrogen) atoms. The molecule has 2 aromatic rings. The van der Waals surface area contributed by atoms with Crippen molar-refractivity contribution in [2.75, 3.05) is 0 Å². The fourth-order valence-electron chi connectivity index (χ4n) is 1.53.